The predicted molar refractivity (Wildman–Crippen MR) is 84.0 cm³/mol. The molecule has 1 rings (SSSR count). The van der Waals surface area contributed by atoms with E-state index in [0.717, 1.165) is 11.1 Å². The second-order valence-corrected chi connectivity index (χ2v) is 4.98. The Hall–Kier alpha value is -1.53. The van der Waals surface area contributed by atoms with E-state index in [1.165, 1.54) is 0 Å². The van der Waals surface area contributed by atoms with Gasteiger partial charge in [0.2, 0.25) is 0 Å². The van der Waals surface area contributed by atoms with Crippen molar-refractivity contribution in [2.75, 3.05) is 13.2 Å². The molecule has 0 aromatic heterocycles. The largest absolute Gasteiger partial charge is 0.484 e. The van der Waals surface area contributed by atoms with Gasteiger partial charge in [-0.1, -0.05) is 11.6 Å². The number of aryl methyl sites for hydroxylation is 2. The molecule has 0 radical (unpaired) electrons. The number of thiocarbonyl (C=S) groups is 1. The van der Waals surface area contributed by atoms with Crippen molar-refractivity contribution in [1.29, 1.82) is 0 Å². The quantitative estimate of drug-likeness (QED) is 0.585. The van der Waals surface area contributed by atoms with E-state index in [4.69, 9.17) is 28.6 Å². The summed E-state index contributed by atoms with van der Waals surface area (Å²) in [6, 6.07) is 3.58. The molecule has 0 aliphatic rings. The first-order valence-corrected chi connectivity index (χ1v) is 6.95. The Morgan fingerprint density at radius 2 is 1.90 bits per heavy atom. The fourth-order valence-electron chi connectivity index (χ4n) is 1.51. The van der Waals surface area contributed by atoms with Gasteiger partial charge in [0, 0.05) is 11.6 Å². The summed E-state index contributed by atoms with van der Waals surface area (Å²) in [5.74, 6) is 0.282. The van der Waals surface area contributed by atoms with Crippen LogP contribution in [-0.2, 0) is 4.79 Å². The van der Waals surface area contributed by atoms with Crippen LogP contribution in [0.1, 0.15) is 18.1 Å². The Kier molecular flexibility index (Phi) is 6.54. The monoisotopic (exact) mass is 315 g/mol. The number of carbonyl (C=O) groups is 1. The van der Waals surface area contributed by atoms with Crippen molar-refractivity contribution in [3.8, 4) is 5.75 Å². The van der Waals surface area contributed by atoms with Gasteiger partial charge in [0.15, 0.2) is 11.7 Å². The number of nitrogens with one attached hydrogen (secondary N) is 3. The van der Waals surface area contributed by atoms with Crippen LogP contribution in [-0.4, -0.2) is 24.2 Å². The second kappa shape index (κ2) is 7.91. The van der Waals surface area contributed by atoms with Gasteiger partial charge in [-0.15, -0.1) is 0 Å². The summed E-state index contributed by atoms with van der Waals surface area (Å²) in [6.07, 6.45) is 0. The summed E-state index contributed by atoms with van der Waals surface area (Å²) in [4.78, 5) is 11.5. The van der Waals surface area contributed by atoms with Crippen molar-refractivity contribution in [1.82, 2.24) is 16.2 Å². The smallest absolute Gasteiger partial charge is 0.276 e. The standard InChI is InChI=1S/C13H18ClN3O2S/c1-4-15-13(20)17-16-11(18)7-19-10-5-8(2)12(14)9(3)6-10/h5-6H,4,7H2,1-3H3,(H,16,18)(H2,15,17,20). The third kappa shape index (κ3) is 5.22. The number of carbonyl (C=O) groups excluding carboxylic acids is 1. The van der Waals surface area contributed by atoms with Gasteiger partial charge < -0.3 is 10.1 Å². The molecule has 7 heteroatoms. The lowest BCUT2D eigenvalue weighted by atomic mass is 10.1. The molecule has 1 aromatic rings. The van der Waals surface area contributed by atoms with Crippen LogP contribution in [0.5, 0.6) is 5.75 Å². The minimum Gasteiger partial charge on any atom is -0.484 e. The van der Waals surface area contributed by atoms with Crippen molar-refractivity contribution >= 4 is 34.8 Å². The van der Waals surface area contributed by atoms with Crippen LogP contribution in [0.4, 0.5) is 0 Å². The molecular weight excluding hydrogens is 298 g/mol. The highest BCUT2D eigenvalue weighted by Gasteiger charge is 2.06. The van der Waals surface area contributed by atoms with E-state index in [9.17, 15) is 4.79 Å². The predicted octanol–water partition coefficient (Wildman–Crippen LogP) is 1.85. The molecule has 0 bridgehead atoms. The molecule has 0 aliphatic heterocycles. The van der Waals surface area contributed by atoms with Crippen molar-refractivity contribution in [2.45, 2.75) is 20.8 Å². The number of halogens is 1. The molecule has 0 saturated heterocycles. The van der Waals surface area contributed by atoms with Gasteiger partial charge in [-0.2, -0.15) is 0 Å². The van der Waals surface area contributed by atoms with Gasteiger partial charge >= 0.3 is 0 Å². The van der Waals surface area contributed by atoms with Gasteiger partial charge in [0.25, 0.3) is 5.91 Å². The molecule has 1 aromatic carbocycles. The zero-order chi connectivity index (χ0) is 15.1. The molecule has 0 fully saturated rings. The van der Waals surface area contributed by atoms with Crippen LogP contribution in [0, 0.1) is 13.8 Å². The number of hydrogen-bond acceptors (Lipinski definition) is 3. The van der Waals surface area contributed by atoms with E-state index in [1.54, 1.807) is 12.1 Å². The highest BCUT2D eigenvalue weighted by Crippen LogP contribution is 2.25. The molecule has 0 saturated carbocycles. The molecule has 1 amide bonds. The maximum absolute atomic E-state index is 11.5. The van der Waals surface area contributed by atoms with Crippen LogP contribution in [0.15, 0.2) is 12.1 Å². The van der Waals surface area contributed by atoms with Crippen LogP contribution in [0.2, 0.25) is 5.02 Å². The Bertz CT molecular complexity index is 485. The Balaban J connectivity index is 2.43. The summed E-state index contributed by atoms with van der Waals surface area (Å²) in [5.41, 5.74) is 6.83. The van der Waals surface area contributed by atoms with Gasteiger partial charge in [-0.25, -0.2) is 0 Å². The molecule has 0 unspecified atom stereocenters. The van der Waals surface area contributed by atoms with Crippen molar-refractivity contribution in [3.63, 3.8) is 0 Å². The SMILES string of the molecule is CCNC(=S)NNC(=O)COc1cc(C)c(Cl)c(C)c1. The number of amides is 1. The Morgan fingerprint density at radius 1 is 1.30 bits per heavy atom. The number of benzene rings is 1. The first-order valence-electron chi connectivity index (χ1n) is 6.16. The zero-order valence-corrected chi connectivity index (χ0v) is 13.2. The molecule has 20 heavy (non-hydrogen) atoms. The average Bonchev–Trinajstić information content (AvgIpc) is 2.40. The van der Waals surface area contributed by atoms with Gasteiger partial charge in [0.05, 0.1) is 0 Å². The van der Waals surface area contributed by atoms with Crippen molar-refractivity contribution in [3.05, 3.63) is 28.3 Å². The first kappa shape index (κ1) is 16.5. The average molecular weight is 316 g/mol. The molecule has 3 N–H and O–H groups in total. The van der Waals surface area contributed by atoms with Crippen LogP contribution in [0.25, 0.3) is 0 Å². The summed E-state index contributed by atoms with van der Waals surface area (Å²) in [7, 11) is 0. The van der Waals surface area contributed by atoms with Gasteiger partial charge in [0.1, 0.15) is 5.75 Å². The maximum Gasteiger partial charge on any atom is 0.276 e. The van der Waals surface area contributed by atoms with E-state index in [0.29, 0.717) is 22.4 Å². The van der Waals surface area contributed by atoms with Crippen molar-refractivity contribution in [2.24, 2.45) is 0 Å². The summed E-state index contributed by atoms with van der Waals surface area (Å²) < 4.78 is 5.40. The zero-order valence-electron chi connectivity index (χ0n) is 11.7. The van der Waals surface area contributed by atoms with E-state index in [-0.39, 0.29) is 12.5 Å². The van der Waals surface area contributed by atoms with E-state index >= 15 is 0 Å². The highest BCUT2D eigenvalue weighted by molar-refractivity contribution is 7.80. The molecule has 0 atom stereocenters. The molecule has 0 heterocycles. The van der Waals surface area contributed by atoms with E-state index in [1.807, 2.05) is 20.8 Å². The minimum absolute atomic E-state index is 0.109. The van der Waals surface area contributed by atoms with Crippen molar-refractivity contribution < 1.29 is 9.53 Å². The Morgan fingerprint density at radius 3 is 2.45 bits per heavy atom. The van der Waals surface area contributed by atoms with Crippen LogP contribution in [0.3, 0.4) is 0 Å². The minimum atomic E-state index is -0.324. The van der Waals surface area contributed by atoms with E-state index < -0.39 is 0 Å². The molecule has 5 nitrogen and oxygen atoms in total. The molecule has 0 aliphatic carbocycles. The van der Waals surface area contributed by atoms with Gasteiger partial charge in [-0.05, 0) is 56.2 Å². The number of hydrazine groups is 1. The summed E-state index contributed by atoms with van der Waals surface area (Å²) in [6.45, 7) is 6.26. The van der Waals surface area contributed by atoms with E-state index in [2.05, 4.69) is 16.2 Å². The lowest BCUT2D eigenvalue weighted by Gasteiger charge is -2.12. The first-order chi connectivity index (χ1) is 9.43. The third-order valence-electron chi connectivity index (χ3n) is 2.43. The summed E-state index contributed by atoms with van der Waals surface area (Å²) >= 11 is 11.0. The number of rotatable bonds is 4. The molecular formula is C13H18ClN3O2S. The summed E-state index contributed by atoms with van der Waals surface area (Å²) in [5, 5.41) is 3.91. The number of ether oxygens (including phenoxy) is 1. The maximum atomic E-state index is 11.5. The Labute approximate surface area is 129 Å². The fraction of sp³-hybridized carbons (Fsp3) is 0.385. The fourth-order valence-corrected chi connectivity index (χ4v) is 1.81. The molecule has 110 valence electrons. The van der Waals surface area contributed by atoms with Crippen LogP contribution < -0.4 is 20.9 Å². The third-order valence-corrected chi connectivity index (χ3v) is 3.28. The number of hydrogen-bond donors (Lipinski definition) is 3. The second-order valence-electron chi connectivity index (χ2n) is 4.19. The highest BCUT2D eigenvalue weighted by atomic mass is 35.5. The van der Waals surface area contributed by atoms with Crippen LogP contribution >= 0.6 is 23.8 Å². The normalized spacial score (nSPS) is 9.80. The lowest BCUT2D eigenvalue weighted by Crippen LogP contribution is -2.48. The van der Waals surface area contributed by atoms with Gasteiger partial charge in [-0.3, -0.25) is 15.6 Å². The lowest BCUT2D eigenvalue weighted by molar-refractivity contribution is -0.123. The topological polar surface area (TPSA) is 62.4 Å². The molecule has 0 spiro atoms.